The molecule has 1 amide bonds. The molecule has 3 aromatic rings. The maximum absolute atomic E-state index is 13.8. The highest BCUT2D eigenvalue weighted by Crippen LogP contribution is 2.55. The Morgan fingerprint density at radius 1 is 1.19 bits per heavy atom. The van der Waals surface area contributed by atoms with E-state index in [1.807, 2.05) is 12.1 Å². The first kappa shape index (κ1) is 20.5. The third-order valence-electron chi connectivity index (χ3n) is 6.95. The van der Waals surface area contributed by atoms with Crippen molar-refractivity contribution in [3.63, 3.8) is 0 Å². The van der Waals surface area contributed by atoms with Gasteiger partial charge in [0, 0.05) is 17.8 Å². The van der Waals surface area contributed by atoms with Gasteiger partial charge in [0.25, 0.3) is 0 Å². The second-order valence-corrected chi connectivity index (χ2v) is 9.15. The van der Waals surface area contributed by atoms with Crippen LogP contribution in [-0.2, 0) is 4.79 Å². The zero-order chi connectivity index (χ0) is 22.3. The van der Waals surface area contributed by atoms with Crippen LogP contribution in [-0.4, -0.2) is 26.6 Å². The summed E-state index contributed by atoms with van der Waals surface area (Å²) in [5.41, 5.74) is 1.32. The van der Waals surface area contributed by atoms with Crippen molar-refractivity contribution in [2.75, 3.05) is 5.32 Å². The Balaban J connectivity index is 1.24. The number of nitrogens with one attached hydrogen (secondary N) is 1. The lowest BCUT2D eigenvalue weighted by molar-refractivity contribution is -0.121. The first-order valence-corrected chi connectivity index (χ1v) is 10.8. The molecule has 32 heavy (non-hydrogen) atoms. The number of hydrogen-bond donors (Lipinski definition) is 2. The fraction of sp³-hybridized carbons (Fsp3) is 0.360. The summed E-state index contributed by atoms with van der Waals surface area (Å²) < 4.78 is 13.8. The highest BCUT2D eigenvalue weighted by atomic mass is 19.1. The molecule has 2 N–H and O–H groups in total. The topological polar surface area (TPSA) is 98.9 Å². The van der Waals surface area contributed by atoms with E-state index in [0.29, 0.717) is 42.0 Å². The lowest BCUT2D eigenvalue weighted by Crippen LogP contribution is -2.32. The number of hydrogen-bond acceptors (Lipinski definition) is 5. The molecular formula is C25H23FN4O2. The van der Waals surface area contributed by atoms with Crippen LogP contribution in [0.25, 0.3) is 10.9 Å². The average molecular weight is 430 g/mol. The summed E-state index contributed by atoms with van der Waals surface area (Å²) in [6, 6.07) is 11.8. The quantitative estimate of drug-likeness (QED) is 0.643. The summed E-state index contributed by atoms with van der Waals surface area (Å²) in [4.78, 5) is 20.9. The zero-order valence-corrected chi connectivity index (χ0v) is 17.5. The van der Waals surface area contributed by atoms with E-state index in [9.17, 15) is 14.3 Å². The SMILES string of the molecule is N#Cc1ccc(NC(=O)CC2(O)C[C@H]3C[C@@H](c4ccnc5ccc(F)cc45)C[C@H]3C2)nc1. The number of halogens is 1. The van der Waals surface area contributed by atoms with E-state index in [1.54, 1.807) is 30.5 Å². The normalized spacial score (nSPS) is 26.6. The van der Waals surface area contributed by atoms with E-state index in [2.05, 4.69) is 15.3 Å². The van der Waals surface area contributed by atoms with Crippen molar-refractivity contribution in [2.45, 2.75) is 43.6 Å². The van der Waals surface area contributed by atoms with E-state index in [1.165, 1.54) is 12.3 Å². The number of rotatable bonds is 4. The highest BCUT2D eigenvalue weighted by Gasteiger charge is 2.49. The van der Waals surface area contributed by atoms with Crippen LogP contribution < -0.4 is 5.32 Å². The van der Waals surface area contributed by atoms with Gasteiger partial charge in [-0.3, -0.25) is 9.78 Å². The maximum atomic E-state index is 13.8. The van der Waals surface area contributed by atoms with Gasteiger partial charge in [-0.25, -0.2) is 9.37 Å². The van der Waals surface area contributed by atoms with E-state index in [4.69, 9.17) is 5.26 Å². The minimum Gasteiger partial charge on any atom is -0.389 e. The molecule has 0 aliphatic heterocycles. The van der Waals surface area contributed by atoms with Gasteiger partial charge in [-0.2, -0.15) is 5.26 Å². The van der Waals surface area contributed by atoms with Gasteiger partial charge in [0.2, 0.25) is 5.91 Å². The number of nitrogens with zero attached hydrogens (tertiary/aromatic N) is 3. The minimum atomic E-state index is -1.02. The summed E-state index contributed by atoms with van der Waals surface area (Å²) in [6.07, 6.45) is 6.21. The molecule has 2 aromatic heterocycles. The van der Waals surface area contributed by atoms with Gasteiger partial charge in [-0.15, -0.1) is 0 Å². The molecule has 5 rings (SSSR count). The maximum Gasteiger partial charge on any atom is 0.228 e. The molecule has 2 fully saturated rings. The number of carbonyl (C=O) groups excluding carboxylic acids is 1. The van der Waals surface area contributed by atoms with Crippen LogP contribution in [0.3, 0.4) is 0 Å². The third kappa shape index (κ3) is 3.94. The number of anilines is 1. The summed E-state index contributed by atoms with van der Waals surface area (Å²) in [7, 11) is 0. The van der Waals surface area contributed by atoms with Crippen LogP contribution >= 0.6 is 0 Å². The van der Waals surface area contributed by atoms with Gasteiger partial charge >= 0.3 is 0 Å². The smallest absolute Gasteiger partial charge is 0.228 e. The summed E-state index contributed by atoms with van der Waals surface area (Å²) >= 11 is 0. The van der Waals surface area contributed by atoms with E-state index in [-0.39, 0.29) is 18.1 Å². The van der Waals surface area contributed by atoms with Crippen molar-refractivity contribution in [3.8, 4) is 6.07 Å². The number of benzene rings is 1. The summed E-state index contributed by atoms with van der Waals surface area (Å²) in [5, 5.41) is 23.5. The first-order valence-electron chi connectivity index (χ1n) is 10.8. The van der Waals surface area contributed by atoms with Crippen LogP contribution in [0.15, 0.2) is 48.8 Å². The molecule has 162 valence electrons. The Labute approximate surface area is 185 Å². The molecule has 1 aromatic carbocycles. The van der Waals surface area contributed by atoms with Crippen LogP contribution in [0.4, 0.5) is 10.2 Å². The largest absolute Gasteiger partial charge is 0.389 e. The molecule has 0 radical (unpaired) electrons. The highest BCUT2D eigenvalue weighted by molar-refractivity contribution is 5.90. The van der Waals surface area contributed by atoms with E-state index >= 15 is 0 Å². The van der Waals surface area contributed by atoms with Crippen LogP contribution in [0.5, 0.6) is 0 Å². The second kappa shape index (κ2) is 7.95. The van der Waals surface area contributed by atoms with Crippen molar-refractivity contribution in [3.05, 3.63) is 65.7 Å². The van der Waals surface area contributed by atoms with E-state index < -0.39 is 5.60 Å². The van der Waals surface area contributed by atoms with Gasteiger partial charge in [-0.1, -0.05) is 0 Å². The Bertz CT molecular complexity index is 1210. The second-order valence-electron chi connectivity index (χ2n) is 9.15. The molecule has 2 saturated carbocycles. The van der Waals surface area contributed by atoms with Crippen molar-refractivity contribution < 1.29 is 14.3 Å². The molecule has 2 aliphatic carbocycles. The third-order valence-corrected chi connectivity index (χ3v) is 6.95. The molecule has 6 nitrogen and oxygen atoms in total. The fourth-order valence-electron chi connectivity index (χ4n) is 5.69. The number of pyridine rings is 2. The van der Waals surface area contributed by atoms with Crippen LogP contribution in [0.1, 0.15) is 49.1 Å². The van der Waals surface area contributed by atoms with Gasteiger partial charge in [0.15, 0.2) is 0 Å². The predicted octanol–water partition coefficient (Wildman–Crippen LogP) is 4.30. The molecule has 2 heterocycles. The number of aromatic nitrogens is 2. The fourth-order valence-corrected chi connectivity index (χ4v) is 5.69. The average Bonchev–Trinajstić information content (AvgIpc) is 3.28. The van der Waals surface area contributed by atoms with Crippen molar-refractivity contribution >= 4 is 22.6 Å². The Kier molecular flexibility index (Phi) is 5.10. The molecule has 0 spiro atoms. The molecule has 1 unspecified atom stereocenters. The lowest BCUT2D eigenvalue weighted by atomic mass is 9.87. The lowest BCUT2D eigenvalue weighted by Gasteiger charge is -2.24. The van der Waals surface area contributed by atoms with Crippen LogP contribution in [0, 0.1) is 29.0 Å². The van der Waals surface area contributed by atoms with Crippen LogP contribution in [0.2, 0.25) is 0 Å². The number of aliphatic hydroxyl groups is 1. The molecule has 2 aliphatic rings. The van der Waals surface area contributed by atoms with Gasteiger partial charge in [0.05, 0.1) is 23.1 Å². The predicted molar refractivity (Wildman–Crippen MR) is 117 cm³/mol. The van der Waals surface area contributed by atoms with Gasteiger partial charge in [0.1, 0.15) is 17.7 Å². The minimum absolute atomic E-state index is 0.0236. The molecule has 7 heteroatoms. The van der Waals surface area contributed by atoms with Gasteiger partial charge < -0.3 is 10.4 Å². The van der Waals surface area contributed by atoms with E-state index in [0.717, 1.165) is 29.3 Å². The standard InChI is InChI=1S/C25H23FN4O2/c26-19-2-3-22-21(9-19)20(5-6-28-22)16-7-17-10-25(32,11-18(17)8-16)12-24(31)30-23-4-1-15(13-27)14-29-23/h1-6,9,14,16-18,32H,7-8,10-12H2,(H,29,30,31)/t16-,17-,18+,25?. The first-order chi connectivity index (χ1) is 15.4. The monoisotopic (exact) mass is 430 g/mol. The molecule has 0 saturated heterocycles. The number of carbonyl (C=O) groups is 1. The molecule has 0 bridgehead atoms. The number of fused-ring (bicyclic) bond motifs is 2. The zero-order valence-electron chi connectivity index (χ0n) is 17.5. The number of nitriles is 1. The van der Waals surface area contributed by atoms with Crippen molar-refractivity contribution in [1.82, 2.24) is 9.97 Å². The van der Waals surface area contributed by atoms with Gasteiger partial charge in [-0.05, 0) is 85.4 Å². The summed E-state index contributed by atoms with van der Waals surface area (Å²) in [5.74, 6) is 0.801. The summed E-state index contributed by atoms with van der Waals surface area (Å²) in [6.45, 7) is 0. The van der Waals surface area contributed by atoms with Crippen molar-refractivity contribution in [2.24, 2.45) is 11.8 Å². The molecular weight excluding hydrogens is 407 g/mol. The molecule has 4 atom stereocenters. The van der Waals surface area contributed by atoms with Crippen molar-refractivity contribution in [1.29, 1.82) is 5.26 Å². The Hall–Kier alpha value is -3.37. The Morgan fingerprint density at radius 2 is 1.97 bits per heavy atom. The Morgan fingerprint density at radius 3 is 2.66 bits per heavy atom. The number of amides is 1.